The van der Waals surface area contributed by atoms with Crippen molar-refractivity contribution in [2.75, 3.05) is 12.4 Å². The first-order valence-electron chi connectivity index (χ1n) is 11.8. The highest BCUT2D eigenvalue weighted by molar-refractivity contribution is 6.04. The SMILES string of the molecule is CN=CC(=CN)CCC1C=Nc2cc(C#Cc3cc(C(=O)Nc4cc(C(F)(F)F)ccn4)ccc3F)ccc21. The number of alkyl halides is 3. The zero-order valence-corrected chi connectivity index (χ0v) is 20.8. The van der Waals surface area contributed by atoms with Gasteiger partial charge in [0.2, 0.25) is 0 Å². The number of nitrogens with one attached hydrogen (secondary N) is 1. The van der Waals surface area contributed by atoms with Crippen LogP contribution in [0.1, 0.15) is 51.4 Å². The number of rotatable bonds is 6. The minimum absolute atomic E-state index is 0.0142. The smallest absolute Gasteiger partial charge is 0.404 e. The van der Waals surface area contributed by atoms with Gasteiger partial charge in [0.05, 0.1) is 16.8 Å². The van der Waals surface area contributed by atoms with Crippen LogP contribution < -0.4 is 11.1 Å². The topological polar surface area (TPSA) is 92.7 Å². The number of benzene rings is 2. The Morgan fingerprint density at radius 1 is 1.15 bits per heavy atom. The summed E-state index contributed by atoms with van der Waals surface area (Å²) in [6.45, 7) is 0. The average molecular weight is 534 g/mol. The Labute approximate surface area is 222 Å². The van der Waals surface area contributed by atoms with E-state index >= 15 is 0 Å². The van der Waals surface area contributed by atoms with Crippen molar-refractivity contribution in [1.29, 1.82) is 0 Å². The third-order valence-electron chi connectivity index (χ3n) is 5.98. The molecule has 0 radical (unpaired) electrons. The molecule has 0 aliphatic carbocycles. The maximum Gasteiger partial charge on any atom is 0.416 e. The summed E-state index contributed by atoms with van der Waals surface area (Å²) in [7, 11) is 1.69. The molecule has 2 aromatic carbocycles. The number of amides is 1. The van der Waals surface area contributed by atoms with Crippen molar-refractivity contribution in [3.05, 3.63) is 100 Å². The van der Waals surface area contributed by atoms with E-state index < -0.39 is 23.5 Å². The quantitative estimate of drug-likeness (QED) is 0.231. The van der Waals surface area contributed by atoms with Crippen LogP contribution in [-0.4, -0.2) is 30.4 Å². The highest BCUT2D eigenvalue weighted by atomic mass is 19.4. The van der Waals surface area contributed by atoms with Crippen LogP contribution in [0.3, 0.4) is 0 Å². The number of pyridine rings is 1. The Kier molecular flexibility index (Phi) is 8.20. The van der Waals surface area contributed by atoms with Crippen molar-refractivity contribution in [2.24, 2.45) is 15.7 Å². The van der Waals surface area contributed by atoms with E-state index in [1.54, 1.807) is 25.5 Å². The van der Waals surface area contributed by atoms with E-state index in [2.05, 4.69) is 32.1 Å². The fourth-order valence-corrected chi connectivity index (χ4v) is 3.97. The van der Waals surface area contributed by atoms with Gasteiger partial charge in [0, 0.05) is 42.7 Å². The number of carbonyl (C=O) groups is 1. The molecule has 1 atom stereocenters. The van der Waals surface area contributed by atoms with Crippen LogP contribution in [0.15, 0.2) is 76.5 Å². The first-order valence-corrected chi connectivity index (χ1v) is 11.8. The van der Waals surface area contributed by atoms with Gasteiger partial charge in [-0.1, -0.05) is 17.9 Å². The fourth-order valence-electron chi connectivity index (χ4n) is 3.97. The van der Waals surface area contributed by atoms with E-state index in [0.717, 1.165) is 54.1 Å². The van der Waals surface area contributed by atoms with Crippen LogP contribution in [0, 0.1) is 17.7 Å². The number of hydrogen-bond acceptors (Lipinski definition) is 5. The molecule has 2 heterocycles. The van der Waals surface area contributed by atoms with Crippen molar-refractivity contribution in [2.45, 2.75) is 24.9 Å². The lowest BCUT2D eigenvalue weighted by atomic mass is 9.93. The minimum atomic E-state index is -4.58. The molecule has 6 nitrogen and oxygen atoms in total. The summed E-state index contributed by atoms with van der Waals surface area (Å²) >= 11 is 0. The molecule has 1 aromatic heterocycles. The lowest BCUT2D eigenvalue weighted by Crippen LogP contribution is -2.14. The third kappa shape index (κ3) is 6.76. The molecule has 39 heavy (non-hydrogen) atoms. The third-order valence-corrected chi connectivity index (χ3v) is 5.98. The molecule has 1 aliphatic heterocycles. The molecule has 1 unspecified atom stereocenters. The first-order chi connectivity index (χ1) is 18.7. The molecule has 4 rings (SSSR count). The van der Waals surface area contributed by atoms with Crippen LogP contribution in [-0.2, 0) is 6.18 Å². The van der Waals surface area contributed by atoms with E-state index in [9.17, 15) is 22.4 Å². The second-order valence-electron chi connectivity index (χ2n) is 8.65. The molecule has 0 saturated carbocycles. The van der Waals surface area contributed by atoms with Gasteiger partial charge in [-0.3, -0.25) is 14.8 Å². The number of anilines is 1. The van der Waals surface area contributed by atoms with E-state index in [4.69, 9.17) is 5.73 Å². The molecule has 0 spiro atoms. The summed E-state index contributed by atoms with van der Waals surface area (Å²) < 4.78 is 53.2. The predicted octanol–water partition coefficient (Wildman–Crippen LogP) is 6.01. The summed E-state index contributed by atoms with van der Waals surface area (Å²) in [5.74, 6) is 4.06. The van der Waals surface area contributed by atoms with Crippen molar-refractivity contribution >= 4 is 29.8 Å². The van der Waals surface area contributed by atoms with Crippen LogP contribution in [0.25, 0.3) is 0 Å². The number of nitrogens with two attached hydrogens (primary N) is 1. The highest BCUT2D eigenvalue weighted by Gasteiger charge is 2.31. The molecule has 198 valence electrons. The normalized spacial score (nSPS) is 14.7. The van der Waals surface area contributed by atoms with Crippen molar-refractivity contribution in [1.82, 2.24) is 4.98 Å². The second kappa shape index (κ2) is 11.7. The van der Waals surface area contributed by atoms with Gasteiger partial charge in [0.1, 0.15) is 11.6 Å². The van der Waals surface area contributed by atoms with Gasteiger partial charge >= 0.3 is 6.18 Å². The number of carbonyl (C=O) groups excluding carboxylic acids is 1. The number of aliphatic imine (C=N–C) groups is 2. The zero-order valence-electron chi connectivity index (χ0n) is 20.8. The van der Waals surface area contributed by atoms with Gasteiger partial charge < -0.3 is 11.1 Å². The largest absolute Gasteiger partial charge is 0.416 e. The first kappa shape index (κ1) is 27.3. The number of aromatic nitrogens is 1. The molecule has 1 aliphatic rings. The van der Waals surface area contributed by atoms with Gasteiger partial charge in [-0.25, -0.2) is 9.37 Å². The monoisotopic (exact) mass is 533 g/mol. The predicted molar refractivity (Wildman–Crippen MR) is 143 cm³/mol. The molecule has 0 bridgehead atoms. The number of fused-ring (bicyclic) bond motifs is 1. The molecule has 0 saturated heterocycles. The standard InChI is InChI=1S/C29H23F4N5O/c1-35-16-19(15-34)3-6-22-17-37-26-12-18(4-8-24(22)26)2-5-20-13-21(7-9-25(20)30)28(39)38-27-14-23(10-11-36-27)29(31,32)33/h4,7-17,22H,3,6,34H2,1H3,(H,36,38,39). The summed E-state index contributed by atoms with van der Waals surface area (Å²) in [5.41, 5.74) is 8.03. The molecule has 10 heteroatoms. The van der Waals surface area contributed by atoms with Crippen molar-refractivity contribution < 1.29 is 22.4 Å². The molecule has 0 fully saturated rings. The Bertz CT molecular complexity index is 1550. The number of halogens is 4. The molecule has 3 aromatic rings. The molecular weight excluding hydrogens is 510 g/mol. The van der Waals surface area contributed by atoms with Crippen LogP contribution >= 0.6 is 0 Å². The zero-order chi connectivity index (χ0) is 28.0. The van der Waals surface area contributed by atoms with Gasteiger partial charge in [-0.15, -0.1) is 0 Å². The lowest BCUT2D eigenvalue weighted by Gasteiger charge is -2.09. The highest BCUT2D eigenvalue weighted by Crippen LogP contribution is 2.36. The lowest BCUT2D eigenvalue weighted by molar-refractivity contribution is -0.137. The number of allylic oxidation sites excluding steroid dienone is 1. The number of nitrogens with zero attached hydrogens (tertiary/aromatic N) is 3. The summed E-state index contributed by atoms with van der Waals surface area (Å²) in [6.07, 6.45) is 3.06. The molecule has 1 amide bonds. The maximum absolute atomic E-state index is 14.4. The minimum Gasteiger partial charge on any atom is -0.404 e. The Hall–Kier alpha value is -4.78. The Morgan fingerprint density at radius 2 is 1.97 bits per heavy atom. The van der Waals surface area contributed by atoms with Gasteiger partial charge in [0.15, 0.2) is 0 Å². The maximum atomic E-state index is 14.4. The average Bonchev–Trinajstić information content (AvgIpc) is 3.32. The Morgan fingerprint density at radius 3 is 2.72 bits per heavy atom. The van der Waals surface area contributed by atoms with Crippen LogP contribution in [0.5, 0.6) is 0 Å². The van der Waals surface area contributed by atoms with Gasteiger partial charge in [-0.2, -0.15) is 13.2 Å². The van der Waals surface area contributed by atoms with E-state index in [-0.39, 0.29) is 22.9 Å². The van der Waals surface area contributed by atoms with E-state index in [0.29, 0.717) is 5.56 Å². The van der Waals surface area contributed by atoms with Crippen molar-refractivity contribution in [3.8, 4) is 11.8 Å². The van der Waals surface area contributed by atoms with E-state index in [1.807, 2.05) is 18.3 Å². The molecule has 3 N–H and O–H groups in total. The van der Waals surface area contributed by atoms with Crippen LogP contribution in [0.4, 0.5) is 29.1 Å². The summed E-state index contributed by atoms with van der Waals surface area (Å²) in [4.78, 5) is 24.8. The molecular formula is C29H23F4N5O. The fraction of sp³-hybridized carbons (Fsp3) is 0.172. The summed E-state index contributed by atoms with van der Waals surface area (Å²) in [5, 5.41) is 2.30. The Balaban J connectivity index is 1.48. The van der Waals surface area contributed by atoms with Crippen molar-refractivity contribution in [3.63, 3.8) is 0 Å². The second-order valence-corrected chi connectivity index (χ2v) is 8.65. The van der Waals surface area contributed by atoms with Gasteiger partial charge in [-0.05, 0) is 72.6 Å². The number of hydrogen-bond donors (Lipinski definition) is 2. The summed E-state index contributed by atoms with van der Waals surface area (Å²) in [6, 6.07) is 10.6. The van der Waals surface area contributed by atoms with Gasteiger partial charge in [0.25, 0.3) is 5.91 Å². The van der Waals surface area contributed by atoms with E-state index in [1.165, 1.54) is 12.1 Å². The van der Waals surface area contributed by atoms with Crippen LogP contribution in [0.2, 0.25) is 0 Å².